The van der Waals surface area contributed by atoms with Crippen molar-refractivity contribution in [2.75, 3.05) is 11.9 Å². The lowest BCUT2D eigenvalue weighted by Crippen LogP contribution is -2.39. The van der Waals surface area contributed by atoms with Crippen molar-refractivity contribution in [1.29, 1.82) is 0 Å². The lowest BCUT2D eigenvalue weighted by Gasteiger charge is -2.29. The first-order chi connectivity index (χ1) is 14.0. The fourth-order valence-corrected chi connectivity index (χ4v) is 3.98. The van der Waals surface area contributed by atoms with Crippen LogP contribution in [0.4, 0.5) is 10.3 Å². The average molecular weight is 402 g/mol. The van der Waals surface area contributed by atoms with Crippen molar-refractivity contribution in [3.63, 3.8) is 0 Å². The van der Waals surface area contributed by atoms with E-state index in [1.165, 1.54) is 19.0 Å². The van der Waals surface area contributed by atoms with Gasteiger partial charge in [-0.25, -0.2) is 14.4 Å². The third kappa shape index (κ3) is 4.90. The van der Waals surface area contributed by atoms with Crippen LogP contribution in [0.25, 0.3) is 11.3 Å². The van der Waals surface area contributed by atoms with Crippen LogP contribution < -0.4 is 10.6 Å². The summed E-state index contributed by atoms with van der Waals surface area (Å²) < 4.78 is 16.3. The Morgan fingerprint density at radius 3 is 2.62 bits per heavy atom. The third-order valence-electron chi connectivity index (χ3n) is 5.84. The van der Waals surface area contributed by atoms with Crippen molar-refractivity contribution in [1.82, 2.24) is 25.1 Å². The highest BCUT2D eigenvalue weighted by Gasteiger charge is 2.27. The summed E-state index contributed by atoms with van der Waals surface area (Å²) in [4.78, 5) is 19.3. The van der Waals surface area contributed by atoms with Gasteiger partial charge in [-0.05, 0) is 50.9 Å². The van der Waals surface area contributed by atoms with E-state index >= 15 is 0 Å². The number of nitrogens with one attached hydrogen (secondary N) is 2. The van der Waals surface area contributed by atoms with Crippen LogP contribution in [0.3, 0.4) is 0 Å². The first kappa shape index (κ1) is 19.8. The van der Waals surface area contributed by atoms with Crippen LogP contribution in [-0.4, -0.2) is 49.5 Å². The van der Waals surface area contributed by atoms with Gasteiger partial charge in [0, 0.05) is 30.4 Å². The second-order valence-electron chi connectivity index (χ2n) is 8.13. The van der Waals surface area contributed by atoms with Gasteiger partial charge >= 0.3 is 5.97 Å². The minimum atomic E-state index is -0.839. The molecule has 0 atom stereocenters. The molecule has 2 saturated carbocycles. The van der Waals surface area contributed by atoms with E-state index in [-0.39, 0.29) is 18.6 Å². The van der Waals surface area contributed by atoms with Gasteiger partial charge in [-0.2, -0.15) is 5.10 Å². The van der Waals surface area contributed by atoms with E-state index < -0.39 is 11.8 Å². The number of aromatic nitrogens is 4. The number of hydrogen-bond acceptors (Lipinski definition) is 6. The Hall–Kier alpha value is -2.55. The number of nitrogens with zero attached hydrogens (tertiary/aromatic N) is 4. The summed E-state index contributed by atoms with van der Waals surface area (Å²) in [6.07, 6.45) is 9.76. The molecule has 2 heterocycles. The number of carboxylic acids is 1. The zero-order valence-corrected chi connectivity index (χ0v) is 16.6. The summed E-state index contributed by atoms with van der Waals surface area (Å²) in [7, 11) is 1.89. The molecule has 2 aliphatic rings. The minimum Gasteiger partial charge on any atom is -0.480 e. The average Bonchev–Trinajstić information content (AvgIpc) is 3.45. The lowest BCUT2D eigenvalue weighted by atomic mass is 9.91. The van der Waals surface area contributed by atoms with Crippen molar-refractivity contribution in [2.45, 2.75) is 57.0 Å². The first-order valence-electron chi connectivity index (χ1n) is 10.2. The third-order valence-corrected chi connectivity index (χ3v) is 5.84. The Morgan fingerprint density at radius 2 is 1.93 bits per heavy atom. The molecule has 0 amide bonds. The van der Waals surface area contributed by atoms with Gasteiger partial charge in [-0.3, -0.25) is 9.48 Å². The van der Waals surface area contributed by atoms with Crippen LogP contribution in [-0.2, 0) is 18.3 Å². The van der Waals surface area contributed by atoms with Crippen molar-refractivity contribution in [2.24, 2.45) is 13.0 Å². The molecule has 0 spiro atoms. The number of anilines is 1. The number of carboxylic acid groups (broad SMARTS) is 1. The zero-order chi connectivity index (χ0) is 20.4. The number of rotatable bonds is 8. The lowest BCUT2D eigenvalue weighted by molar-refractivity contribution is -0.136. The molecule has 9 heteroatoms. The molecule has 29 heavy (non-hydrogen) atoms. The fourth-order valence-electron chi connectivity index (χ4n) is 3.98. The van der Waals surface area contributed by atoms with Gasteiger partial charge < -0.3 is 15.7 Å². The van der Waals surface area contributed by atoms with E-state index in [0.29, 0.717) is 17.6 Å². The van der Waals surface area contributed by atoms with Gasteiger partial charge in [0.2, 0.25) is 5.95 Å². The predicted molar refractivity (Wildman–Crippen MR) is 106 cm³/mol. The van der Waals surface area contributed by atoms with E-state index in [1.54, 1.807) is 6.20 Å². The van der Waals surface area contributed by atoms with Gasteiger partial charge in [0.25, 0.3) is 0 Å². The smallest absolute Gasteiger partial charge is 0.317 e. The molecule has 0 aliphatic heterocycles. The zero-order valence-electron chi connectivity index (χ0n) is 16.6. The van der Waals surface area contributed by atoms with Crippen molar-refractivity contribution in [3.05, 3.63) is 23.9 Å². The molecule has 4 rings (SSSR count). The Balaban J connectivity index is 1.42. The molecule has 0 bridgehead atoms. The summed E-state index contributed by atoms with van der Waals surface area (Å²) in [5.74, 6) is -0.197. The Morgan fingerprint density at radius 1 is 1.21 bits per heavy atom. The molecule has 2 aliphatic carbocycles. The number of carbonyl (C=O) groups is 1. The van der Waals surface area contributed by atoms with Crippen LogP contribution in [0, 0.1) is 11.7 Å². The molecule has 2 fully saturated rings. The Labute approximate surface area is 168 Å². The monoisotopic (exact) mass is 402 g/mol. The normalized spacial score (nSPS) is 21.9. The molecule has 8 nitrogen and oxygen atoms in total. The highest BCUT2D eigenvalue weighted by Crippen LogP contribution is 2.36. The van der Waals surface area contributed by atoms with Crippen LogP contribution in [0.15, 0.2) is 12.4 Å². The molecule has 2 aromatic rings. The maximum Gasteiger partial charge on any atom is 0.317 e. The molecule has 0 unspecified atom stereocenters. The number of hydrogen-bond donors (Lipinski definition) is 3. The van der Waals surface area contributed by atoms with Gasteiger partial charge in [0.05, 0.1) is 18.9 Å². The number of halogens is 1. The summed E-state index contributed by atoms with van der Waals surface area (Å²) in [6, 6.07) is 0.408. The van der Waals surface area contributed by atoms with Crippen molar-refractivity contribution in [3.8, 4) is 11.3 Å². The van der Waals surface area contributed by atoms with E-state index in [9.17, 15) is 9.18 Å². The minimum absolute atomic E-state index is 0.0124. The van der Waals surface area contributed by atoms with Crippen molar-refractivity contribution >= 4 is 11.9 Å². The maximum atomic E-state index is 14.5. The molecule has 0 saturated heterocycles. The topological polar surface area (TPSA) is 105 Å². The largest absolute Gasteiger partial charge is 0.480 e. The summed E-state index contributed by atoms with van der Waals surface area (Å²) in [5.41, 5.74) is 2.05. The summed E-state index contributed by atoms with van der Waals surface area (Å²) >= 11 is 0. The quantitative estimate of drug-likeness (QED) is 0.622. The highest BCUT2D eigenvalue weighted by atomic mass is 19.1. The number of aliphatic carboxylic acids is 1. The van der Waals surface area contributed by atoms with E-state index in [4.69, 9.17) is 5.11 Å². The van der Waals surface area contributed by atoms with Gasteiger partial charge in [0.1, 0.15) is 5.69 Å². The van der Waals surface area contributed by atoms with E-state index in [2.05, 4.69) is 25.7 Å². The SMILES string of the molecule is Cn1ncc(-c2nc(N[C@H]3CC[C@H](NCC(=O)O)CC3)ncc2F)c1CC1CC1. The van der Waals surface area contributed by atoms with Crippen LogP contribution in [0.1, 0.15) is 44.2 Å². The first-order valence-corrected chi connectivity index (χ1v) is 10.2. The maximum absolute atomic E-state index is 14.5. The number of aryl methyl sites for hydroxylation is 1. The molecule has 156 valence electrons. The predicted octanol–water partition coefficient (Wildman–Crippen LogP) is 2.37. The molecule has 0 radical (unpaired) electrons. The van der Waals surface area contributed by atoms with Crippen molar-refractivity contribution < 1.29 is 14.3 Å². The van der Waals surface area contributed by atoms with Gasteiger partial charge in [0.15, 0.2) is 5.82 Å². The standard InChI is InChI=1S/C20H27FN6O2/c1-27-17(8-12-2-3-12)15(9-24-27)19-16(21)10-23-20(26-19)25-14-6-4-13(5-7-14)22-11-18(28)29/h9-10,12-14,22H,2-8,11H2,1H3,(H,28,29)(H,23,25,26)/t13-,14-. The molecule has 2 aromatic heterocycles. The fraction of sp³-hybridized carbons (Fsp3) is 0.600. The van der Waals surface area contributed by atoms with Crippen LogP contribution >= 0.6 is 0 Å². The Kier molecular flexibility index (Phi) is 5.75. The Bertz CT molecular complexity index is 874. The van der Waals surface area contributed by atoms with E-state index in [1.807, 2.05) is 11.7 Å². The summed E-state index contributed by atoms with van der Waals surface area (Å²) in [5, 5.41) is 19.5. The van der Waals surface area contributed by atoms with Gasteiger partial charge in [-0.1, -0.05) is 0 Å². The molecule has 0 aromatic carbocycles. The van der Waals surface area contributed by atoms with Gasteiger partial charge in [-0.15, -0.1) is 0 Å². The van der Waals surface area contributed by atoms with E-state index in [0.717, 1.165) is 43.4 Å². The molecular formula is C20H27FN6O2. The summed E-state index contributed by atoms with van der Waals surface area (Å²) in [6.45, 7) is -0.0124. The van der Waals surface area contributed by atoms with Crippen LogP contribution in [0.2, 0.25) is 0 Å². The highest BCUT2D eigenvalue weighted by molar-refractivity contribution is 5.69. The molecule has 3 N–H and O–H groups in total. The van der Waals surface area contributed by atoms with Crippen LogP contribution in [0.5, 0.6) is 0 Å². The molecular weight excluding hydrogens is 375 g/mol. The second-order valence-corrected chi connectivity index (χ2v) is 8.13. The second kappa shape index (κ2) is 8.44.